The first-order valence-corrected chi connectivity index (χ1v) is 5.33. The van der Waals surface area contributed by atoms with Gasteiger partial charge in [0.25, 0.3) is 0 Å². The van der Waals surface area contributed by atoms with Gasteiger partial charge in [-0.1, -0.05) is 51.1 Å². The predicted octanol–water partition coefficient (Wildman–Crippen LogP) is 2.84. The van der Waals surface area contributed by atoms with Crippen LogP contribution in [0.15, 0.2) is 36.5 Å². The van der Waals surface area contributed by atoms with Crippen LogP contribution in [0.1, 0.15) is 26.6 Å². The van der Waals surface area contributed by atoms with Gasteiger partial charge < -0.3 is 0 Å². The topological polar surface area (TPSA) is 38.7 Å². The van der Waals surface area contributed by atoms with Gasteiger partial charge in [0, 0.05) is 11.0 Å². The molecule has 82 valence electrons. The van der Waals surface area contributed by atoms with E-state index >= 15 is 0 Å². The molecule has 0 aliphatic rings. The van der Waals surface area contributed by atoms with E-state index in [1.807, 2.05) is 30.3 Å². The van der Waals surface area contributed by atoms with Crippen LogP contribution in [-0.2, 0) is 5.41 Å². The molecule has 1 aromatic heterocycles. The van der Waals surface area contributed by atoms with Gasteiger partial charge in [-0.05, 0) is 0 Å². The Morgan fingerprint density at radius 1 is 1.00 bits per heavy atom. The number of rotatable bonds is 1. The summed E-state index contributed by atoms with van der Waals surface area (Å²) in [6.45, 7) is 6.25. The zero-order valence-corrected chi connectivity index (χ0v) is 9.81. The molecule has 0 bridgehead atoms. The molecule has 1 aromatic carbocycles. The smallest absolute Gasteiger partial charge is 0.156 e. The Kier molecular flexibility index (Phi) is 2.69. The van der Waals surface area contributed by atoms with Crippen LogP contribution in [0.25, 0.3) is 11.3 Å². The van der Waals surface area contributed by atoms with Crippen LogP contribution in [0.2, 0.25) is 0 Å². The van der Waals surface area contributed by atoms with Crippen molar-refractivity contribution in [3.8, 4) is 11.3 Å². The molecular weight excluding hydrogens is 198 g/mol. The standard InChI is InChI=1S/C13H15N3/c1-13(2,3)12-15-11(9-14-16-12)10-7-5-4-6-8-10/h4-9H,1-3H3. The van der Waals surface area contributed by atoms with Crippen molar-refractivity contribution in [1.82, 2.24) is 15.2 Å². The summed E-state index contributed by atoms with van der Waals surface area (Å²) in [5.41, 5.74) is 1.88. The van der Waals surface area contributed by atoms with Gasteiger partial charge in [0.05, 0.1) is 11.9 Å². The van der Waals surface area contributed by atoms with E-state index in [0.717, 1.165) is 17.1 Å². The molecule has 0 aliphatic heterocycles. The molecule has 0 saturated heterocycles. The molecule has 3 heteroatoms. The van der Waals surface area contributed by atoms with Crippen LogP contribution in [0.5, 0.6) is 0 Å². The van der Waals surface area contributed by atoms with Crippen LogP contribution >= 0.6 is 0 Å². The van der Waals surface area contributed by atoms with E-state index < -0.39 is 0 Å². The van der Waals surface area contributed by atoms with Gasteiger partial charge in [-0.25, -0.2) is 4.98 Å². The van der Waals surface area contributed by atoms with E-state index in [1.165, 1.54) is 0 Å². The maximum atomic E-state index is 4.54. The van der Waals surface area contributed by atoms with E-state index in [0.29, 0.717) is 0 Å². The average molecular weight is 213 g/mol. The van der Waals surface area contributed by atoms with Crippen LogP contribution in [0.3, 0.4) is 0 Å². The van der Waals surface area contributed by atoms with Crippen LogP contribution in [0.4, 0.5) is 0 Å². The van der Waals surface area contributed by atoms with Crippen molar-refractivity contribution in [1.29, 1.82) is 0 Å². The molecule has 0 N–H and O–H groups in total. The molecular formula is C13H15N3. The van der Waals surface area contributed by atoms with Gasteiger partial charge in [0.15, 0.2) is 5.82 Å². The first-order chi connectivity index (χ1) is 7.57. The Balaban J connectivity index is 2.45. The molecule has 3 nitrogen and oxygen atoms in total. The zero-order valence-electron chi connectivity index (χ0n) is 9.81. The molecule has 0 fully saturated rings. The molecule has 0 radical (unpaired) electrons. The predicted molar refractivity (Wildman–Crippen MR) is 64.0 cm³/mol. The summed E-state index contributed by atoms with van der Waals surface area (Å²) >= 11 is 0. The molecule has 0 aliphatic carbocycles. The fourth-order valence-electron chi connectivity index (χ4n) is 1.37. The van der Waals surface area contributed by atoms with Crippen molar-refractivity contribution in [2.75, 3.05) is 0 Å². The SMILES string of the molecule is CC(C)(C)c1nncc(-c2ccccc2)n1. The highest BCUT2D eigenvalue weighted by Gasteiger charge is 2.18. The maximum absolute atomic E-state index is 4.54. The van der Waals surface area contributed by atoms with Crippen molar-refractivity contribution in [3.63, 3.8) is 0 Å². The highest BCUT2D eigenvalue weighted by atomic mass is 15.1. The zero-order chi connectivity index (χ0) is 11.6. The second-order valence-electron chi connectivity index (χ2n) is 4.78. The maximum Gasteiger partial charge on any atom is 0.156 e. The average Bonchev–Trinajstić information content (AvgIpc) is 2.29. The first-order valence-electron chi connectivity index (χ1n) is 5.33. The third-order valence-corrected chi connectivity index (χ3v) is 2.30. The summed E-state index contributed by atoms with van der Waals surface area (Å²) in [6, 6.07) is 10.0. The summed E-state index contributed by atoms with van der Waals surface area (Å²) in [5.74, 6) is 0.772. The number of benzene rings is 1. The van der Waals surface area contributed by atoms with Crippen molar-refractivity contribution < 1.29 is 0 Å². The largest absolute Gasteiger partial charge is 0.229 e. The minimum absolute atomic E-state index is 0.0716. The van der Waals surface area contributed by atoms with Crippen LogP contribution < -0.4 is 0 Å². The lowest BCUT2D eigenvalue weighted by atomic mass is 9.96. The molecule has 0 unspecified atom stereocenters. The van der Waals surface area contributed by atoms with Crippen molar-refractivity contribution in [2.24, 2.45) is 0 Å². The van der Waals surface area contributed by atoms with Crippen LogP contribution in [0, 0.1) is 0 Å². The van der Waals surface area contributed by atoms with Gasteiger partial charge in [-0.3, -0.25) is 0 Å². The quantitative estimate of drug-likeness (QED) is 0.731. The minimum Gasteiger partial charge on any atom is -0.229 e. The summed E-state index contributed by atoms with van der Waals surface area (Å²) in [7, 11) is 0. The lowest BCUT2D eigenvalue weighted by molar-refractivity contribution is 0.534. The molecule has 1 heterocycles. The Labute approximate surface area is 95.6 Å². The Morgan fingerprint density at radius 2 is 1.69 bits per heavy atom. The lowest BCUT2D eigenvalue weighted by Crippen LogP contribution is -2.17. The van der Waals surface area contributed by atoms with Gasteiger partial charge >= 0.3 is 0 Å². The van der Waals surface area contributed by atoms with Crippen LogP contribution in [-0.4, -0.2) is 15.2 Å². The van der Waals surface area contributed by atoms with E-state index in [2.05, 4.69) is 36.0 Å². The van der Waals surface area contributed by atoms with E-state index in [4.69, 9.17) is 0 Å². The van der Waals surface area contributed by atoms with Crippen molar-refractivity contribution in [2.45, 2.75) is 26.2 Å². The van der Waals surface area contributed by atoms with Gasteiger partial charge in [0.1, 0.15) is 0 Å². The van der Waals surface area contributed by atoms with Crippen molar-refractivity contribution in [3.05, 3.63) is 42.4 Å². The number of nitrogens with zero attached hydrogens (tertiary/aromatic N) is 3. The molecule has 16 heavy (non-hydrogen) atoms. The van der Waals surface area contributed by atoms with Gasteiger partial charge in [-0.2, -0.15) is 5.10 Å². The normalized spacial score (nSPS) is 11.4. The van der Waals surface area contributed by atoms with E-state index in [1.54, 1.807) is 6.20 Å². The first kappa shape index (κ1) is 10.7. The van der Waals surface area contributed by atoms with Crippen molar-refractivity contribution >= 4 is 0 Å². The monoisotopic (exact) mass is 213 g/mol. The summed E-state index contributed by atoms with van der Waals surface area (Å²) < 4.78 is 0. The molecule has 2 aromatic rings. The Hall–Kier alpha value is -1.77. The van der Waals surface area contributed by atoms with Gasteiger partial charge in [-0.15, -0.1) is 5.10 Å². The Morgan fingerprint density at radius 3 is 2.31 bits per heavy atom. The Bertz CT molecular complexity index is 472. The molecule has 0 amide bonds. The fraction of sp³-hybridized carbons (Fsp3) is 0.308. The third kappa shape index (κ3) is 2.24. The molecule has 0 atom stereocenters. The second kappa shape index (κ2) is 4.00. The fourth-order valence-corrected chi connectivity index (χ4v) is 1.37. The minimum atomic E-state index is -0.0716. The lowest BCUT2D eigenvalue weighted by Gasteiger charge is -2.15. The summed E-state index contributed by atoms with van der Waals surface area (Å²) in [4.78, 5) is 4.54. The molecule has 2 rings (SSSR count). The number of hydrogen-bond donors (Lipinski definition) is 0. The molecule has 0 spiro atoms. The second-order valence-corrected chi connectivity index (χ2v) is 4.78. The van der Waals surface area contributed by atoms with Gasteiger partial charge in [0.2, 0.25) is 0 Å². The van der Waals surface area contributed by atoms with E-state index in [-0.39, 0.29) is 5.41 Å². The third-order valence-electron chi connectivity index (χ3n) is 2.30. The molecule has 0 saturated carbocycles. The highest BCUT2D eigenvalue weighted by Crippen LogP contribution is 2.20. The highest BCUT2D eigenvalue weighted by molar-refractivity contribution is 5.57. The number of aromatic nitrogens is 3. The van der Waals surface area contributed by atoms with E-state index in [9.17, 15) is 0 Å². The summed E-state index contributed by atoms with van der Waals surface area (Å²) in [6.07, 6.45) is 1.70. The summed E-state index contributed by atoms with van der Waals surface area (Å²) in [5, 5.41) is 8.09. The number of hydrogen-bond acceptors (Lipinski definition) is 3.